The van der Waals surface area contributed by atoms with Crippen LogP contribution in [0.2, 0.25) is 0 Å². The van der Waals surface area contributed by atoms with Crippen LogP contribution in [0.3, 0.4) is 0 Å². The van der Waals surface area contributed by atoms with Gasteiger partial charge in [0, 0.05) is 17.9 Å². The van der Waals surface area contributed by atoms with Gasteiger partial charge in [-0.1, -0.05) is 6.07 Å². The molecule has 2 aromatic rings. The maximum absolute atomic E-state index is 12.1. The van der Waals surface area contributed by atoms with E-state index in [9.17, 15) is 8.42 Å². The second-order valence-corrected chi connectivity index (χ2v) is 9.11. The number of sulfonamides is 1. The number of hydrogen-bond acceptors (Lipinski definition) is 4. The minimum atomic E-state index is -3.25. The fourth-order valence-corrected chi connectivity index (χ4v) is 3.90. The molecule has 142 valence electrons. The number of hydrogen-bond donors (Lipinski definition) is 1. The van der Waals surface area contributed by atoms with Crippen molar-refractivity contribution in [2.45, 2.75) is 51.5 Å². The van der Waals surface area contributed by atoms with E-state index in [1.54, 1.807) is 20.0 Å². The SMILES string of the molecule is Cc1cc(COc2ccc3c(c2)C[C@@H](NS(=O)(=O)C(C)C)C3)ccn1.Cl. The van der Waals surface area contributed by atoms with Crippen molar-refractivity contribution in [1.29, 1.82) is 0 Å². The van der Waals surface area contributed by atoms with Gasteiger partial charge >= 0.3 is 0 Å². The number of benzene rings is 1. The summed E-state index contributed by atoms with van der Waals surface area (Å²) in [6, 6.07) is 9.88. The Hall–Kier alpha value is -1.63. The van der Waals surface area contributed by atoms with Gasteiger partial charge in [-0.25, -0.2) is 13.1 Å². The third-order valence-electron chi connectivity index (χ3n) is 4.43. The lowest BCUT2D eigenvalue weighted by molar-refractivity contribution is 0.305. The summed E-state index contributed by atoms with van der Waals surface area (Å²) < 4.78 is 32.8. The fraction of sp³-hybridized carbons (Fsp3) is 0.421. The summed E-state index contributed by atoms with van der Waals surface area (Å²) in [5.74, 6) is 0.806. The summed E-state index contributed by atoms with van der Waals surface area (Å²) in [6.45, 7) is 5.83. The first-order chi connectivity index (χ1) is 11.8. The van der Waals surface area contributed by atoms with Crippen LogP contribution >= 0.6 is 12.4 Å². The van der Waals surface area contributed by atoms with E-state index in [0.29, 0.717) is 13.0 Å². The van der Waals surface area contributed by atoms with Crippen molar-refractivity contribution in [2.75, 3.05) is 0 Å². The van der Waals surface area contributed by atoms with Crippen molar-refractivity contribution in [1.82, 2.24) is 9.71 Å². The molecule has 7 heteroatoms. The number of halogens is 1. The molecule has 1 aromatic carbocycles. The molecular formula is C19H25ClN2O3S. The summed E-state index contributed by atoms with van der Waals surface area (Å²) in [5.41, 5.74) is 4.38. The Morgan fingerprint density at radius 2 is 1.92 bits per heavy atom. The molecule has 1 aromatic heterocycles. The Labute approximate surface area is 161 Å². The highest BCUT2D eigenvalue weighted by atomic mass is 35.5. The molecule has 1 atom stereocenters. The largest absolute Gasteiger partial charge is 0.489 e. The molecule has 0 fully saturated rings. The maximum atomic E-state index is 12.1. The van der Waals surface area contributed by atoms with E-state index in [1.807, 2.05) is 37.3 Å². The van der Waals surface area contributed by atoms with E-state index in [0.717, 1.165) is 29.0 Å². The second kappa shape index (κ2) is 8.37. The molecule has 1 N–H and O–H groups in total. The van der Waals surface area contributed by atoms with Crippen LogP contribution in [-0.4, -0.2) is 24.7 Å². The minimum absolute atomic E-state index is 0. The Bertz CT molecular complexity index is 869. The zero-order valence-electron chi connectivity index (χ0n) is 15.2. The van der Waals surface area contributed by atoms with Gasteiger partial charge in [0.1, 0.15) is 12.4 Å². The van der Waals surface area contributed by atoms with E-state index in [4.69, 9.17) is 4.74 Å². The lowest BCUT2D eigenvalue weighted by Gasteiger charge is -2.14. The molecule has 0 amide bonds. The molecule has 1 heterocycles. The van der Waals surface area contributed by atoms with Gasteiger partial charge < -0.3 is 4.74 Å². The van der Waals surface area contributed by atoms with E-state index in [-0.39, 0.29) is 18.4 Å². The standard InChI is InChI=1S/C19H24N2O3S.ClH/c1-13(2)25(22,23)21-18-9-16-4-5-19(11-17(16)10-18)24-12-15-6-7-20-14(3)8-15;/h4-8,11,13,18,21H,9-10,12H2,1-3H3;1H/t18-;/m0./s1. The molecule has 0 aliphatic heterocycles. The molecule has 1 aliphatic rings. The number of aromatic nitrogens is 1. The molecule has 1 aliphatic carbocycles. The maximum Gasteiger partial charge on any atom is 0.214 e. The highest BCUT2D eigenvalue weighted by Crippen LogP contribution is 2.27. The highest BCUT2D eigenvalue weighted by Gasteiger charge is 2.27. The summed E-state index contributed by atoms with van der Waals surface area (Å²) in [5, 5.41) is -0.418. The number of pyridine rings is 1. The van der Waals surface area contributed by atoms with Gasteiger partial charge in [-0.05, 0) is 74.6 Å². The van der Waals surface area contributed by atoms with E-state index >= 15 is 0 Å². The monoisotopic (exact) mass is 396 g/mol. The molecule has 0 spiro atoms. The lowest BCUT2D eigenvalue weighted by Crippen LogP contribution is -2.39. The first-order valence-corrected chi connectivity index (χ1v) is 10.1. The Morgan fingerprint density at radius 1 is 1.19 bits per heavy atom. The molecule has 5 nitrogen and oxygen atoms in total. The van der Waals surface area contributed by atoms with Crippen LogP contribution in [-0.2, 0) is 29.5 Å². The van der Waals surface area contributed by atoms with Crippen molar-refractivity contribution in [3.8, 4) is 5.75 Å². The molecule has 0 saturated heterocycles. The molecule has 0 saturated carbocycles. The van der Waals surface area contributed by atoms with Gasteiger partial charge in [0.25, 0.3) is 0 Å². The predicted octanol–water partition coefficient (Wildman–Crippen LogP) is 3.19. The van der Waals surface area contributed by atoms with E-state index in [1.165, 1.54) is 5.56 Å². The van der Waals surface area contributed by atoms with Gasteiger partial charge in [-0.15, -0.1) is 12.4 Å². The average molecular weight is 397 g/mol. The van der Waals surface area contributed by atoms with E-state index in [2.05, 4.69) is 9.71 Å². The van der Waals surface area contributed by atoms with Crippen LogP contribution in [0.15, 0.2) is 36.5 Å². The summed E-state index contributed by atoms with van der Waals surface area (Å²) >= 11 is 0. The quantitative estimate of drug-likeness (QED) is 0.814. The summed E-state index contributed by atoms with van der Waals surface area (Å²) in [7, 11) is -3.25. The van der Waals surface area contributed by atoms with Crippen LogP contribution in [0.25, 0.3) is 0 Å². The molecule has 0 radical (unpaired) electrons. The van der Waals surface area contributed by atoms with E-state index < -0.39 is 15.3 Å². The third kappa shape index (κ3) is 4.96. The van der Waals surface area contributed by atoms with Crippen LogP contribution < -0.4 is 9.46 Å². The third-order valence-corrected chi connectivity index (χ3v) is 6.33. The molecule has 26 heavy (non-hydrogen) atoms. The normalized spacial score (nSPS) is 16.2. The minimum Gasteiger partial charge on any atom is -0.489 e. The highest BCUT2D eigenvalue weighted by molar-refractivity contribution is 7.90. The van der Waals surface area contributed by atoms with Gasteiger partial charge in [0.2, 0.25) is 10.0 Å². The van der Waals surface area contributed by atoms with Gasteiger partial charge in [0.05, 0.1) is 5.25 Å². The van der Waals surface area contributed by atoms with Crippen molar-refractivity contribution >= 4 is 22.4 Å². The number of nitrogens with one attached hydrogen (secondary N) is 1. The van der Waals surface area contributed by atoms with Crippen LogP contribution in [0.1, 0.15) is 36.2 Å². The number of aryl methyl sites for hydroxylation is 1. The van der Waals surface area contributed by atoms with Crippen molar-refractivity contribution in [2.24, 2.45) is 0 Å². The first-order valence-electron chi connectivity index (χ1n) is 8.51. The van der Waals surface area contributed by atoms with Crippen LogP contribution in [0.5, 0.6) is 5.75 Å². The molecular weight excluding hydrogens is 372 g/mol. The lowest BCUT2D eigenvalue weighted by atomic mass is 10.1. The number of ether oxygens (including phenoxy) is 1. The summed E-state index contributed by atoms with van der Waals surface area (Å²) in [6.07, 6.45) is 3.21. The molecule has 0 bridgehead atoms. The fourth-order valence-electron chi connectivity index (χ4n) is 3.00. The van der Waals surface area contributed by atoms with Gasteiger partial charge in [0.15, 0.2) is 0 Å². The first kappa shape index (κ1) is 20.7. The average Bonchev–Trinajstić information content (AvgIpc) is 2.93. The topological polar surface area (TPSA) is 68.3 Å². The smallest absolute Gasteiger partial charge is 0.214 e. The Morgan fingerprint density at radius 3 is 2.62 bits per heavy atom. The second-order valence-electron chi connectivity index (χ2n) is 6.84. The molecule has 0 unspecified atom stereocenters. The van der Waals surface area contributed by atoms with Crippen molar-refractivity contribution in [3.63, 3.8) is 0 Å². The number of fused-ring (bicyclic) bond motifs is 1. The predicted molar refractivity (Wildman–Crippen MR) is 105 cm³/mol. The van der Waals surface area contributed by atoms with Crippen LogP contribution in [0, 0.1) is 6.92 Å². The van der Waals surface area contributed by atoms with Crippen molar-refractivity contribution < 1.29 is 13.2 Å². The number of rotatable bonds is 6. The molecule has 3 rings (SSSR count). The van der Waals surface area contributed by atoms with Crippen molar-refractivity contribution in [3.05, 3.63) is 58.9 Å². The Balaban J connectivity index is 0.00000243. The Kier molecular flexibility index (Phi) is 6.66. The summed E-state index contributed by atoms with van der Waals surface area (Å²) in [4.78, 5) is 4.18. The number of nitrogens with zero attached hydrogens (tertiary/aromatic N) is 1. The zero-order chi connectivity index (χ0) is 18.0. The zero-order valence-corrected chi connectivity index (χ0v) is 16.9. The van der Waals surface area contributed by atoms with Crippen LogP contribution in [0.4, 0.5) is 0 Å². The van der Waals surface area contributed by atoms with Gasteiger partial charge in [-0.2, -0.15) is 0 Å². The van der Waals surface area contributed by atoms with Gasteiger partial charge in [-0.3, -0.25) is 4.98 Å².